The van der Waals surface area contributed by atoms with E-state index in [2.05, 4.69) is 4.72 Å². The monoisotopic (exact) mass is 436 g/mol. The molecule has 0 fully saturated rings. The lowest BCUT2D eigenvalue weighted by atomic mass is 9.99. The lowest BCUT2D eigenvalue weighted by Crippen LogP contribution is -2.11. The van der Waals surface area contributed by atoms with Gasteiger partial charge in [-0.15, -0.1) is 0 Å². The highest BCUT2D eigenvalue weighted by Gasteiger charge is 2.15. The van der Waals surface area contributed by atoms with Crippen LogP contribution >= 0.6 is 23.7 Å². The number of alkyl halides is 1. The first-order chi connectivity index (χ1) is 13.9. The van der Waals surface area contributed by atoms with Gasteiger partial charge in [0.25, 0.3) is 0 Å². The van der Waals surface area contributed by atoms with Crippen LogP contribution in [0.3, 0.4) is 0 Å². The zero-order valence-corrected chi connectivity index (χ0v) is 18.0. The summed E-state index contributed by atoms with van der Waals surface area (Å²) in [5.74, 6) is 0.296. The summed E-state index contributed by atoms with van der Waals surface area (Å²) in [6.07, 6.45) is 0.435. The predicted octanol–water partition coefficient (Wildman–Crippen LogP) is 5.23. The minimum Gasteiger partial charge on any atom is -0.489 e. The largest absolute Gasteiger partial charge is 0.489 e. The Hall–Kier alpha value is -2.22. The molecular weight excluding hydrogens is 415 g/mol. The van der Waals surface area contributed by atoms with Crippen molar-refractivity contribution >= 4 is 40.4 Å². The van der Waals surface area contributed by atoms with Crippen LogP contribution in [0.4, 0.5) is 10.1 Å². The molecule has 1 aromatic heterocycles. The van der Waals surface area contributed by atoms with Crippen LogP contribution in [-0.4, -0.2) is 31.7 Å². The summed E-state index contributed by atoms with van der Waals surface area (Å²) in [4.78, 5) is 12.6. The molecule has 0 aliphatic rings. The molecule has 0 saturated heterocycles. The number of fused-ring (bicyclic) bond motifs is 1. The molecule has 0 bridgehead atoms. The molecule has 1 heterocycles. The van der Waals surface area contributed by atoms with Gasteiger partial charge < -0.3 is 13.9 Å². The van der Waals surface area contributed by atoms with Crippen LogP contribution in [-0.2, 0) is 6.42 Å². The van der Waals surface area contributed by atoms with Crippen molar-refractivity contribution in [3.63, 3.8) is 0 Å². The van der Waals surface area contributed by atoms with E-state index in [0.29, 0.717) is 28.3 Å². The smallest absolute Gasteiger partial charge is 0.340 e. The number of hydrogen-bond donors (Lipinski definition) is 1. The SMILES string of the molecule is Cc1c(Cc2cccc(NSN(C)C)c2)c(=O)oc2cc(OCCF)c(Cl)cc12. The predicted molar refractivity (Wildman–Crippen MR) is 118 cm³/mol. The average Bonchev–Trinajstić information content (AvgIpc) is 2.69. The van der Waals surface area contributed by atoms with Crippen molar-refractivity contribution in [3.05, 3.63) is 68.5 Å². The first-order valence-electron chi connectivity index (χ1n) is 9.03. The van der Waals surface area contributed by atoms with Crippen LogP contribution in [0.2, 0.25) is 5.02 Å². The number of benzene rings is 2. The molecule has 0 radical (unpaired) electrons. The first kappa shape index (κ1) is 21.5. The standard InChI is InChI=1S/C21H22ClFN2O3S/c1-13-16-11-18(22)20(27-8-7-23)12-19(16)28-21(26)17(13)10-14-5-4-6-15(9-14)24-29-25(2)3/h4-6,9,11-12,24H,7-8,10H2,1-3H3. The van der Waals surface area contributed by atoms with Crippen molar-refractivity contribution < 1.29 is 13.5 Å². The molecule has 29 heavy (non-hydrogen) atoms. The Morgan fingerprint density at radius 2 is 2.07 bits per heavy atom. The molecule has 5 nitrogen and oxygen atoms in total. The van der Waals surface area contributed by atoms with Gasteiger partial charge in [0.2, 0.25) is 0 Å². The number of halogens is 2. The van der Waals surface area contributed by atoms with E-state index >= 15 is 0 Å². The molecule has 3 rings (SSSR count). The van der Waals surface area contributed by atoms with Crippen molar-refractivity contribution in [1.29, 1.82) is 0 Å². The van der Waals surface area contributed by atoms with Gasteiger partial charge in [0.1, 0.15) is 24.6 Å². The normalized spacial score (nSPS) is 11.2. The third-order valence-electron chi connectivity index (χ3n) is 4.33. The summed E-state index contributed by atoms with van der Waals surface area (Å²) < 4.78 is 28.4. The molecule has 0 saturated carbocycles. The molecule has 0 aliphatic carbocycles. The summed E-state index contributed by atoms with van der Waals surface area (Å²) in [6.45, 7) is 1.14. The fourth-order valence-electron chi connectivity index (χ4n) is 2.95. The molecule has 0 aliphatic heterocycles. The topological polar surface area (TPSA) is 54.7 Å². The molecule has 0 spiro atoms. The molecule has 0 amide bonds. The molecule has 0 atom stereocenters. The molecule has 2 aromatic carbocycles. The van der Waals surface area contributed by atoms with Gasteiger partial charge in [-0.05, 0) is 50.3 Å². The molecule has 3 aromatic rings. The Morgan fingerprint density at radius 3 is 2.79 bits per heavy atom. The third-order valence-corrected chi connectivity index (χ3v) is 5.32. The lowest BCUT2D eigenvalue weighted by molar-refractivity contribution is 0.273. The van der Waals surface area contributed by atoms with Crippen LogP contribution < -0.4 is 15.1 Å². The van der Waals surface area contributed by atoms with Gasteiger partial charge in [-0.3, -0.25) is 0 Å². The molecule has 8 heteroatoms. The van der Waals surface area contributed by atoms with E-state index in [1.54, 1.807) is 6.07 Å². The number of anilines is 1. The number of nitrogens with one attached hydrogen (secondary N) is 1. The van der Waals surface area contributed by atoms with E-state index in [0.717, 1.165) is 22.2 Å². The average molecular weight is 437 g/mol. The molecule has 1 N–H and O–H groups in total. The summed E-state index contributed by atoms with van der Waals surface area (Å²) in [5, 5.41) is 1.08. The number of nitrogens with zero attached hydrogens (tertiary/aromatic N) is 1. The minimum absolute atomic E-state index is 0.108. The minimum atomic E-state index is -0.628. The molecule has 154 valence electrons. The Labute approximate surface area is 178 Å². The summed E-state index contributed by atoms with van der Waals surface area (Å²) in [6, 6.07) is 11.1. The van der Waals surface area contributed by atoms with E-state index in [4.69, 9.17) is 20.8 Å². The zero-order valence-electron chi connectivity index (χ0n) is 16.4. The van der Waals surface area contributed by atoms with Gasteiger partial charge in [0.05, 0.1) is 5.02 Å². The number of aryl methyl sites for hydroxylation is 1. The maximum atomic E-state index is 12.6. The molecular formula is C21H22ClFN2O3S. The second kappa shape index (κ2) is 9.52. The van der Waals surface area contributed by atoms with Crippen LogP contribution in [0, 0.1) is 6.92 Å². The van der Waals surface area contributed by atoms with Gasteiger partial charge in [-0.2, -0.15) is 0 Å². The van der Waals surface area contributed by atoms with E-state index < -0.39 is 12.3 Å². The Kier molecular flexibility index (Phi) is 7.05. The first-order valence-corrected chi connectivity index (χ1v) is 10.2. The van der Waals surface area contributed by atoms with Gasteiger partial charge in [-0.25, -0.2) is 13.5 Å². The van der Waals surface area contributed by atoms with E-state index in [1.807, 2.05) is 49.6 Å². The highest BCUT2D eigenvalue weighted by molar-refractivity contribution is 7.98. The Balaban J connectivity index is 1.94. The Bertz CT molecular complexity index is 1070. The van der Waals surface area contributed by atoms with Crippen molar-refractivity contribution in [2.45, 2.75) is 13.3 Å². The van der Waals surface area contributed by atoms with Crippen molar-refractivity contribution in [2.75, 3.05) is 32.1 Å². The van der Waals surface area contributed by atoms with E-state index in [-0.39, 0.29) is 6.61 Å². The van der Waals surface area contributed by atoms with Crippen molar-refractivity contribution in [3.8, 4) is 5.75 Å². The van der Waals surface area contributed by atoms with Gasteiger partial charge in [0, 0.05) is 41.3 Å². The number of hydrogen-bond acceptors (Lipinski definition) is 6. The van der Waals surface area contributed by atoms with Gasteiger partial charge in [0.15, 0.2) is 0 Å². The second-order valence-electron chi connectivity index (χ2n) is 6.69. The van der Waals surface area contributed by atoms with Crippen LogP contribution in [0.5, 0.6) is 5.75 Å². The number of ether oxygens (including phenoxy) is 1. The maximum absolute atomic E-state index is 12.6. The zero-order chi connectivity index (χ0) is 21.0. The van der Waals surface area contributed by atoms with Crippen LogP contribution in [0.25, 0.3) is 11.0 Å². The van der Waals surface area contributed by atoms with E-state index in [1.165, 1.54) is 18.2 Å². The number of rotatable bonds is 8. The fraction of sp³-hybridized carbons (Fsp3) is 0.286. The Morgan fingerprint density at radius 1 is 1.28 bits per heavy atom. The highest BCUT2D eigenvalue weighted by atomic mass is 35.5. The van der Waals surface area contributed by atoms with E-state index in [9.17, 15) is 9.18 Å². The van der Waals surface area contributed by atoms with Crippen LogP contribution in [0.15, 0.2) is 45.6 Å². The van der Waals surface area contributed by atoms with Gasteiger partial charge in [-0.1, -0.05) is 23.7 Å². The van der Waals surface area contributed by atoms with Crippen molar-refractivity contribution in [1.82, 2.24) is 4.31 Å². The third kappa shape index (κ3) is 5.23. The fourth-order valence-corrected chi connectivity index (χ4v) is 3.58. The quantitative estimate of drug-likeness (QED) is 0.385. The summed E-state index contributed by atoms with van der Waals surface area (Å²) >= 11 is 7.73. The lowest BCUT2D eigenvalue weighted by Gasteiger charge is -2.13. The maximum Gasteiger partial charge on any atom is 0.340 e. The summed E-state index contributed by atoms with van der Waals surface area (Å²) in [5.41, 5.74) is 3.27. The highest BCUT2D eigenvalue weighted by Crippen LogP contribution is 2.32. The molecule has 0 unspecified atom stereocenters. The van der Waals surface area contributed by atoms with Crippen molar-refractivity contribution in [2.24, 2.45) is 0 Å². The van der Waals surface area contributed by atoms with Crippen LogP contribution in [0.1, 0.15) is 16.7 Å². The van der Waals surface area contributed by atoms with Gasteiger partial charge >= 0.3 is 5.63 Å². The second-order valence-corrected chi connectivity index (χ2v) is 8.22. The summed E-state index contributed by atoms with van der Waals surface area (Å²) in [7, 11) is 3.90.